The first kappa shape index (κ1) is 15.7. The average molecular weight is 309 g/mol. The molecular weight excluding hydrogens is 290 g/mol. The van der Waals surface area contributed by atoms with E-state index in [0.717, 1.165) is 21.9 Å². The number of ether oxygens (including phenoxy) is 2. The van der Waals surface area contributed by atoms with E-state index in [1.807, 2.05) is 25.1 Å². The number of methoxy groups -OCH3 is 1. The fraction of sp³-hybridized carbons (Fsp3) is 0.429. The molecular formula is C14H19N3O3S. The lowest BCUT2D eigenvalue weighted by atomic mass is 10.3. The zero-order chi connectivity index (χ0) is 15.2. The second-order valence-corrected chi connectivity index (χ2v) is 5.34. The van der Waals surface area contributed by atoms with Crippen LogP contribution in [-0.2, 0) is 9.53 Å². The molecule has 1 unspecified atom stereocenters. The Morgan fingerprint density at radius 2 is 2.33 bits per heavy atom. The smallest absolute Gasteiger partial charge is 0.323 e. The van der Waals surface area contributed by atoms with Gasteiger partial charge in [0.15, 0.2) is 5.16 Å². The molecule has 0 aliphatic heterocycles. The Morgan fingerprint density at radius 3 is 3.00 bits per heavy atom. The zero-order valence-corrected chi connectivity index (χ0v) is 13.1. The maximum atomic E-state index is 11.5. The fourth-order valence-electron chi connectivity index (χ4n) is 1.86. The highest BCUT2D eigenvalue weighted by Crippen LogP contribution is 2.23. The maximum Gasteiger partial charge on any atom is 0.323 e. The maximum absolute atomic E-state index is 11.5. The Bertz CT molecular complexity index is 615. The van der Waals surface area contributed by atoms with Crippen molar-refractivity contribution in [3.63, 3.8) is 0 Å². The minimum Gasteiger partial charge on any atom is -0.494 e. The van der Waals surface area contributed by atoms with Gasteiger partial charge in [-0.15, -0.1) is 0 Å². The van der Waals surface area contributed by atoms with Crippen molar-refractivity contribution in [3.05, 3.63) is 18.2 Å². The highest BCUT2D eigenvalue weighted by Gasteiger charge is 2.17. The van der Waals surface area contributed by atoms with Gasteiger partial charge in [0.25, 0.3) is 0 Å². The number of carbonyl (C=O) groups excluding carboxylic acids is 1. The van der Waals surface area contributed by atoms with Crippen LogP contribution >= 0.6 is 11.8 Å². The van der Waals surface area contributed by atoms with Gasteiger partial charge < -0.3 is 19.8 Å². The summed E-state index contributed by atoms with van der Waals surface area (Å²) in [6.07, 6.45) is 0. The third-order valence-corrected chi connectivity index (χ3v) is 3.93. The van der Waals surface area contributed by atoms with Crippen LogP contribution in [0.4, 0.5) is 0 Å². The quantitative estimate of drug-likeness (QED) is 0.600. The van der Waals surface area contributed by atoms with E-state index in [2.05, 4.69) is 15.3 Å². The summed E-state index contributed by atoms with van der Waals surface area (Å²) in [5.74, 6) is 1.08. The molecule has 0 saturated carbocycles. The van der Waals surface area contributed by atoms with E-state index < -0.39 is 0 Å². The van der Waals surface area contributed by atoms with Gasteiger partial charge in [-0.05, 0) is 26.1 Å². The number of imidazole rings is 1. The molecule has 1 aromatic carbocycles. The first-order chi connectivity index (χ1) is 10.2. The van der Waals surface area contributed by atoms with E-state index in [0.29, 0.717) is 12.4 Å². The molecule has 0 radical (unpaired) electrons. The van der Waals surface area contributed by atoms with E-state index in [1.165, 1.54) is 18.9 Å². The second-order valence-electron chi connectivity index (χ2n) is 4.33. The standard InChI is InChI=1S/C14H19N3O3S/c1-4-20-9-5-6-10-11(7-9)17-14(16-10)21-8-12(15-2)13(18)19-3/h5-7,12,15H,4,8H2,1-3H3,(H,16,17). The molecule has 0 bridgehead atoms. The van der Waals surface area contributed by atoms with Crippen molar-refractivity contribution in [2.45, 2.75) is 18.1 Å². The number of hydrogen-bond acceptors (Lipinski definition) is 6. The van der Waals surface area contributed by atoms with Gasteiger partial charge in [-0.25, -0.2) is 4.98 Å². The Kier molecular flexibility index (Phi) is 5.46. The minimum absolute atomic E-state index is 0.278. The molecule has 21 heavy (non-hydrogen) atoms. The number of esters is 1. The van der Waals surface area contributed by atoms with E-state index in [9.17, 15) is 4.79 Å². The Hall–Kier alpha value is -1.73. The number of nitrogens with one attached hydrogen (secondary N) is 2. The molecule has 2 N–H and O–H groups in total. The molecule has 1 heterocycles. The summed E-state index contributed by atoms with van der Waals surface area (Å²) in [7, 11) is 3.11. The van der Waals surface area contributed by atoms with Crippen molar-refractivity contribution in [1.29, 1.82) is 0 Å². The lowest BCUT2D eigenvalue weighted by Crippen LogP contribution is -2.37. The number of rotatable bonds is 7. The van der Waals surface area contributed by atoms with Gasteiger partial charge >= 0.3 is 5.97 Å². The van der Waals surface area contributed by atoms with Gasteiger partial charge in [0.1, 0.15) is 11.8 Å². The first-order valence-electron chi connectivity index (χ1n) is 6.68. The minimum atomic E-state index is -0.354. The number of aromatic amines is 1. The zero-order valence-electron chi connectivity index (χ0n) is 12.3. The predicted octanol–water partition coefficient (Wildman–Crippen LogP) is 1.81. The molecule has 0 aliphatic carbocycles. The van der Waals surface area contributed by atoms with Gasteiger partial charge in [0, 0.05) is 11.8 Å². The number of hydrogen-bond donors (Lipinski definition) is 2. The van der Waals surface area contributed by atoms with Gasteiger partial charge in [-0.3, -0.25) is 4.79 Å². The van der Waals surface area contributed by atoms with Crippen LogP contribution in [0.15, 0.2) is 23.4 Å². The largest absolute Gasteiger partial charge is 0.494 e. The van der Waals surface area contributed by atoms with Crippen LogP contribution in [-0.4, -0.2) is 48.5 Å². The van der Waals surface area contributed by atoms with Gasteiger partial charge in [0.05, 0.1) is 24.8 Å². The van der Waals surface area contributed by atoms with Gasteiger partial charge in [0.2, 0.25) is 0 Å². The van der Waals surface area contributed by atoms with Crippen LogP contribution in [0.1, 0.15) is 6.92 Å². The fourth-order valence-corrected chi connectivity index (χ4v) is 2.84. The normalized spacial score (nSPS) is 12.3. The summed E-state index contributed by atoms with van der Waals surface area (Å²) in [6.45, 7) is 2.58. The van der Waals surface area contributed by atoms with Crippen molar-refractivity contribution >= 4 is 28.8 Å². The molecule has 0 fully saturated rings. The summed E-state index contributed by atoms with van der Waals surface area (Å²) >= 11 is 1.47. The highest BCUT2D eigenvalue weighted by atomic mass is 32.2. The second kappa shape index (κ2) is 7.33. The molecule has 0 amide bonds. The molecule has 2 aromatic rings. The Labute approximate surface area is 127 Å². The third kappa shape index (κ3) is 3.89. The van der Waals surface area contributed by atoms with Crippen LogP contribution < -0.4 is 10.1 Å². The van der Waals surface area contributed by atoms with Crippen molar-refractivity contribution in [3.8, 4) is 5.75 Å². The van der Waals surface area contributed by atoms with Crippen LogP contribution in [0.3, 0.4) is 0 Å². The highest BCUT2D eigenvalue weighted by molar-refractivity contribution is 7.99. The van der Waals surface area contributed by atoms with E-state index in [4.69, 9.17) is 9.47 Å². The molecule has 114 valence electrons. The van der Waals surface area contributed by atoms with Crippen LogP contribution in [0, 0.1) is 0 Å². The summed E-state index contributed by atoms with van der Waals surface area (Å²) in [5.41, 5.74) is 1.79. The molecule has 6 nitrogen and oxygen atoms in total. The number of nitrogens with zero attached hydrogens (tertiary/aromatic N) is 1. The van der Waals surface area contributed by atoms with Crippen LogP contribution in [0.2, 0.25) is 0 Å². The third-order valence-electron chi connectivity index (χ3n) is 2.96. The summed E-state index contributed by atoms with van der Waals surface area (Å²) in [4.78, 5) is 19.2. The van der Waals surface area contributed by atoms with Crippen molar-refractivity contribution in [1.82, 2.24) is 15.3 Å². The molecule has 7 heteroatoms. The number of carbonyl (C=O) groups is 1. The molecule has 0 saturated heterocycles. The van der Waals surface area contributed by atoms with E-state index in [1.54, 1.807) is 7.05 Å². The summed E-state index contributed by atoms with van der Waals surface area (Å²) in [6, 6.07) is 5.38. The number of benzene rings is 1. The molecule has 0 aliphatic rings. The topological polar surface area (TPSA) is 76.2 Å². The molecule has 0 spiro atoms. The Balaban J connectivity index is 2.07. The molecule has 1 aromatic heterocycles. The predicted molar refractivity (Wildman–Crippen MR) is 82.9 cm³/mol. The first-order valence-corrected chi connectivity index (χ1v) is 7.67. The summed E-state index contributed by atoms with van der Waals surface area (Å²) in [5, 5.41) is 3.69. The lowest BCUT2D eigenvalue weighted by molar-refractivity contribution is -0.142. The van der Waals surface area contributed by atoms with Gasteiger partial charge in [-0.2, -0.15) is 0 Å². The Morgan fingerprint density at radius 1 is 1.52 bits per heavy atom. The van der Waals surface area contributed by atoms with Crippen molar-refractivity contribution in [2.24, 2.45) is 0 Å². The number of likely N-dealkylation sites (N-methyl/N-ethyl adjacent to an activating group) is 1. The lowest BCUT2D eigenvalue weighted by Gasteiger charge is -2.11. The van der Waals surface area contributed by atoms with E-state index >= 15 is 0 Å². The van der Waals surface area contributed by atoms with Crippen molar-refractivity contribution < 1.29 is 14.3 Å². The van der Waals surface area contributed by atoms with E-state index in [-0.39, 0.29) is 12.0 Å². The van der Waals surface area contributed by atoms with Crippen LogP contribution in [0.5, 0.6) is 5.75 Å². The average Bonchev–Trinajstić information content (AvgIpc) is 2.90. The van der Waals surface area contributed by atoms with Crippen LogP contribution in [0.25, 0.3) is 11.0 Å². The molecule has 2 rings (SSSR count). The van der Waals surface area contributed by atoms with Crippen molar-refractivity contribution in [2.75, 3.05) is 26.5 Å². The van der Waals surface area contributed by atoms with Gasteiger partial charge in [-0.1, -0.05) is 11.8 Å². The SMILES string of the molecule is CCOc1ccc2nc(SCC(NC)C(=O)OC)[nH]c2c1. The summed E-state index contributed by atoms with van der Waals surface area (Å²) < 4.78 is 10.2. The molecule has 1 atom stereocenters. The number of H-pyrrole nitrogens is 1. The monoisotopic (exact) mass is 309 g/mol. The number of thioether (sulfide) groups is 1. The number of aromatic nitrogens is 2. The number of fused-ring (bicyclic) bond motifs is 1.